The molecular formula is C14H19BrClN. The fourth-order valence-corrected chi connectivity index (χ4v) is 3.20. The minimum Gasteiger partial charge on any atom is -0.367 e. The zero-order chi connectivity index (χ0) is 12.4. The van der Waals surface area contributed by atoms with E-state index in [4.69, 9.17) is 11.6 Å². The maximum Gasteiger partial charge on any atom is 0.0642 e. The fraction of sp³-hybridized carbons (Fsp3) is 0.571. The quantitative estimate of drug-likeness (QED) is 0.704. The maximum absolute atomic E-state index is 6.39. The first kappa shape index (κ1) is 13.2. The summed E-state index contributed by atoms with van der Waals surface area (Å²) in [6.07, 6.45) is 2.59. The van der Waals surface area contributed by atoms with Gasteiger partial charge in [-0.1, -0.05) is 40.5 Å². The molecule has 1 aromatic carbocycles. The van der Waals surface area contributed by atoms with Crippen molar-refractivity contribution in [3.63, 3.8) is 0 Å². The normalized spacial score (nSPS) is 25.1. The molecule has 1 heterocycles. The average Bonchev–Trinajstić information content (AvgIpc) is 2.33. The van der Waals surface area contributed by atoms with Gasteiger partial charge in [0, 0.05) is 17.9 Å². The van der Waals surface area contributed by atoms with E-state index in [2.05, 4.69) is 52.9 Å². The van der Waals surface area contributed by atoms with E-state index in [0.717, 1.165) is 22.8 Å². The van der Waals surface area contributed by atoms with Crippen molar-refractivity contribution in [2.45, 2.75) is 38.1 Å². The van der Waals surface area contributed by atoms with E-state index >= 15 is 0 Å². The Kier molecular flexibility index (Phi) is 4.37. The van der Waals surface area contributed by atoms with Crippen molar-refractivity contribution >= 4 is 33.2 Å². The van der Waals surface area contributed by atoms with E-state index in [0.29, 0.717) is 6.04 Å². The molecule has 1 nitrogen and oxygen atoms in total. The molecule has 0 amide bonds. The number of alkyl halides is 1. The molecule has 2 rings (SSSR count). The summed E-state index contributed by atoms with van der Waals surface area (Å²) >= 11 is 9.85. The first-order valence-electron chi connectivity index (χ1n) is 6.24. The number of halogens is 2. The third-order valence-electron chi connectivity index (χ3n) is 3.85. The van der Waals surface area contributed by atoms with Crippen LogP contribution in [0.5, 0.6) is 0 Å². The van der Waals surface area contributed by atoms with Crippen molar-refractivity contribution in [1.82, 2.24) is 0 Å². The Morgan fingerprint density at radius 1 is 1.41 bits per heavy atom. The molecule has 0 bridgehead atoms. The number of anilines is 1. The zero-order valence-corrected chi connectivity index (χ0v) is 12.8. The van der Waals surface area contributed by atoms with Gasteiger partial charge in [-0.25, -0.2) is 0 Å². The van der Waals surface area contributed by atoms with Gasteiger partial charge in [-0.15, -0.1) is 0 Å². The Morgan fingerprint density at radius 3 is 2.82 bits per heavy atom. The van der Waals surface area contributed by atoms with Crippen molar-refractivity contribution < 1.29 is 0 Å². The summed E-state index contributed by atoms with van der Waals surface area (Å²) in [4.78, 5) is 2.45. The highest BCUT2D eigenvalue weighted by molar-refractivity contribution is 9.08. The molecule has 2 unspecified atom stereocenters. The minimum atomic E-state index is 0.580. The van der Waals surface area contributed by atoms with Gasteiger partial charge in [-0.05, 0) is 43.4 Å². The minimum absolute atomic E-state index is 0.580. The Morgan fingerprint density at radius 2 is 2.18 bits per heavy atom. The zero-order valence-electron chi connectivity index (χ0n) is 10.4. The summed E-state index contributed by atoms with van der Waals surface area (Å²) < 4.78 is 0. The lowest BCUT2D eigenvalue weighted by molar-refractivity contribution is 0.363. The molecule has 0 N–H and O–H groups in total. The largest absolute Gasteiger partial charge is 0.367 e. The molecular weight excluding hydrogens is 298 g/mol. The van der Waals surface area contributed by atoms with Crippen LogP contribution >= 0.6 is 27.5 Å². The van der Waals surface area contributed by atoms with Crippen LogP contribution in [0.2, 0.25) is 5.02 Å². The van der Waals surface area contributed by atoms with Crippen LogP contribution in [0.25, 0.3) is 0 Å². The molecule has 0 saturated carbocycles. The van der Waals surface area contributed by atoms with Crippen LogP contribution < -0.4 is 4.90 Å². The van der Waals surface area contributed by atoms with Crippen molar-refractivity contribution in [2.75, 3.05) is 11.4 Å². The average molecular weight is 317 g/mol. The molecule has 0 radical (unpaired) electrons. The van der Waals surface area contributed by atoms with E-state index in [1.165, 1.54) is 24.1 Å². The molecule has 17 heavy (non-hydrogen) atoms. The van der Waals surface area contributed by atoms with Crippen LogP contribution in [-0.2, 0) is 5.33 Å². The lowest BCUT2D eigenvalue weighted by Gasteiger charge is -2.40. The van der Waals surface area contributed by atoms with Gasteiger partial charge in [-0.2, -0.15) is 0 Å². The van der Waals surface area contributed by atoms with E-state index < -0.39 is 0 Å². The Labute approximate surface area is 117 Å². The SMILES string of the molecule is CC1CCCN(c2ccc(CBr)cc2Cl)C1C. The summed E-state index contributed by atoms with van der Waals surface area (Å²) in [5, 5.41) is 1.74. The summed E-state index contributed by atoms with van der Waals surface area (Å²) in [6.45, 7) is 5.76. The first-order chi connectivity index (χ1) is 8.13. The number of hydrogen-bond acceptors (Lipinski definition) is 1. The topological polar surface area (TPSA) is 3.24 Å². The Bertz CT molecular complexity index is 394. The van der Waals surface area contributed by atoms with Gasteiger partial charge in [0.25, 0.3) is 0 Å². The summed E-state index contributed by atoms with van der Waals surface area (Å²) in [5.41, 5.74) is 2.42. The van der Waals surface area contributed by atoms with E-state index in [1.807, 2.05) is 0 Å². The van der Waals surface area contributed by atoms with Crippen LogP contribution in [0.4, 0.5) is 5.69 Å². The van der Waals surface area contributed by atoms with Crippen molar-refractivity contribution in [3.05, 3.63) is 28.8 Å². The van der Waals surface area contributed by atoms with Crippen LogP contribution in [-0.4, -0.2) is 12.6 Å². The first-order valence-corrected chi connectivity index (χ1v) is 7.74. The number of nitrogens with zero attached hydrogens (tertiary/aromatic N) is 1. The van der Waals surface area contributed by atoms with Gasteiger partial charge in [-0.3, -0.25) is 0 Å². The predicted octanol–water partition coefficient (Wildman–Crippen LogP) is 4.86. The molecule has 1 aliphatic rings. The predicted molar refractivity (Wildman–Crippen MR) is 79.3 cm³/mol. The molecule has 2 atom stereocenters. The molecule has 1 aromatic rings. The molecule has 1 fully saturated rings. The van der Waals surface area contributed by atoms with E-state index in [1.54, 1.807) is 0 Å². The maximum atomic E-state index is 6.39. The molecule has 0 aliphatic carbocycles. The fourth-order valence-electron chi connectivity index (χ4n) is 2.54. The lowest BCUT2D eigenvalue weighted by atomic mass is 9.91. The summed E-state index contributed by atoms with van der Waals surface area (Å²) in [7, 11) is 0. The third-order valence-corrected chi connectivity index (χ3v) is 4.80. The molecule has 0 aromatic heterocycles. The molecule has 94 valence electrons. The number of rotatable bonds is 2. The van der Waals surface area contributed by atoms with Gasteiger partial charge >= 0.3 is 0 Å². The third kappa shape index (κ3) is 2.79. The molecule has 0 spiro atoms. The van der Waals surface area contributed by atoms with Gasteiger partial charge in [0.15, 0.2) is 0 Å². The van der Waals surface area contributed by atoms with Gasteiger partial charge in [0.1, 0.15) is 0 Å². The van der Waals surface area contributed by atoms with Crippen molar-refractivity contribution in [2.24, 2.45) is 5.92 Å². The van der Waals surface area contributed by atoms with E-state index in [9.17, 15) is 0 Å². The standard InChI is InChI=1S/C14H19BrClN/c1-10-4-3-7-17(11(10)2)14-6-5-12(9-15)8-13(14)16/h5-6,8,10-11H,3-4,7,9H2,1-2H3. The molecule has 1 saturated heterocycles. The van der Waals surface area contributed by atoms with Gasteiger partial charge in [0.05, 0.1) is 10.7 Å². The highest BCUT2D eigenvalue weighted by Crippen LogP contribution is 2.34. The van der Waals surface area contributed by atoms with Crippen LogP contribution in [0.1, 0.15) is 32.3 Å². The number of benzene rings is 1. The highest BCUT2D eigenvalue weighted by atomic mass is 79.9. The second-order valence-corrected chi connectivity index (χ2v) is 5.94. The lowest BCUT2D eigenvalue weighted by Crippen LogP contribution is -2.42. The summed E-state index contributed by atoms with van der Waals surface area (Å²) in [5.74, 6) is 0.746. The van der Waals surface area contributed by atoms with Crippen LogP contribution in [0, 0.1) is 5.92 Å². The van der Waals surface area contributed by atoms with E-state index in [-0.39, 0.29) is 0 Å². The van der Waals surface area contributed by atoms with Gasteiger partial charge in [0.2, 0.25) is 0 Å². The Hall–Kier alpha value is -0.210. The second-order valence-electron chi connectivity index (χ2n) is 4.97. The molecule has 1 aliphatic heterocycles. The van der Waals surface area contributed by atoms with Gasteiger partial charge < -0.3 is 4.90 Å². The van der Waals surface area contributed by atoms with Crippen LogP contribution in [0.15, 0.2) is 18.2 Å². The van der Waals surface area contributed by atoms with Crippen molar-refractivity contribution in [3.8, 4) is 0 Å². The number of hydrogen-bond donors (Lipinski definition) is 0. The second kappa shape index (κ2) is 5.62. The number of piperidine rings is 1. The van der Waals surface area contributed by atoms with Crippen molar-refractivity contribution in [1.29, 1.82) is 0 Å². The highest BCUT2D eigenvalue weighted by Gasteiger charge is 2.25. The Balaban J connectivity index is 2.27. The van der Waals surface area contributed by atoms with Crippen LogP contribution in [0.3, 0.4) is 0 Å². The summed E-state index contributed by atoms with van der Waals surface area (Å²) in [6, 6.07) is 6.96. The molecule has 3 heteroatoms. The monoisotopic (exact) mass is 315 g/mol. The smallest absolute Gasteiger partial charge is 0.0642 e.